The number of pyridine rings is 1. The SMILES string of the molecule is O=C(C1CCN(c2ccccc2[N+](=O)[O-])CC1)N1CCN(c2cc[nH+]cc2)CC1. The third-order valence-corrected chi connectivity index (χ3v) is 5.92. The molecule has 0 unspecified atom stereocenters. The van der Waals surface area contributed by atoms with Crippen LogP contribution in [-0.4, -0.2) is 55.0 Å². The molecule has 0 bridgehead atoms. The van der Waals surface area contributed by atoms with E-state index in [-0.39, 0.29) is 22.4 Å². The second-order valence-electron chi connectivity index (χ2n) is 7.58. The highest BCUT2D eigenvalue weighted by Crippen LogP contribution is 2.31. The molecule has 1 aromatic carbocycles. The Morgan fingerprint density at radius 3 is 2.24 bits per heavy atom. The number of nitrogens with zero attached hydrogens (tertiary/aromatic N) is 4. The summed E-state index contributed by atoms with van der Waals surface area (Å²) >= 11 is 0. The number of nitrogens with one attached hydrogen (secondary N) is 1. The van der Waals surface area contributed by atoms with Crippen LogP contribution in [0.2, 0.25) is 0 Å². The topological polar surface area (TPSA) is 84.1 Å². The quantitative estimate of drug-likeness (QED) is 0.583. The molecule has 2 aliphatic heterocycles. The second kappa shape index (κ2) is 8.46. The van der Waals surface area contributed by atoms with Gasteiger partial charge in [-0.1, -0.05) is 12.1 Å². The zero-order chi connectivity index (χ0) is 20.2. The van der Waals surface area contributed by atoms with E-state index in [1.54, 1.807) is 12.1 Å². The van der Waals surface area contributed by atoms with Crippen LogP contribution in [-0.2, 0) is 4.79 Å². The lowest BCUT2D eigenvalue weighted by Crippen LogP contribution is -2.51. The number of carbonyl (C=O) groups excluding carboxylic acids is 1. The number of piperidine rings is 1. The average Bonchev–Trinajstić information content (AvgIpc) is 2.79. The third kappa shape index (κ3) is 4.16. The minimum atomic E-state index is -0.336. The smallest absolute Gasteiger partial charge is 0.292 e. The highest BCUT2D eigenvalue weighted by molar-refractivity contribution is 5.79. The molecule has 8 heteroatoms. The molecular weight excluding hydrogens is 370 g/mol. The summed E-state index contributed by atoms with van der Waals surface area (Å²) in [5.41, 5.74) is 1.96. The number of para-hydroxylation sites is 2. The van der Waals surface area contributed by atoms with Crippen molar-refractivity contribution in [3.05, 3.63) is 58.9 Å². The molecule has 0 atom stereocenters. The van der Waals surface area contributed by atoms with Crippen molar-refractivity contribution in [2.24, 2.45) is 5.92 Å². The van der Waals surface area contributed by atoms with Crippen LogP contribution in [0.25, 0.3) is 0 Å². The van der Waals surface area contributed by atoms with Gasteiger partial charge in [-0.15, -0.1) is 0 Å². The monoisotopic (exact) mass is 396 g/mol. The highest BCUT2D eigenvalue weighted by Gasteiger charge is 2.32. The van der Waals surface area contributed by atoms with Gasteiger partial charge in [-0.2, -0.15) is 0 Å². The minimum absolute atomic E-state index is 0.00638. The van der Waals surface area contributed by atoms with Gasteiger partial charge >= 0.3 is 0 Å². The summed E-state index contributed by atoms with van der Waals surface area (Å²) in [6.07, 6.45) is 5.30. The Morgan fingerprint density at radius 2 is 1.59 bits per heavy atom. The van der Waals surface area contributed by atoms with Gasteiger partial charge in [0.05, 0.1) is 4.92 Å². The number of anilines is 2. The van der Waals surface area contributed by atoms with Crippen molar-refractivity contribution >= 4 is 23.0 Å². The number of carbonyl (C=O) groups is 1. The molecule has 8 nitrogen and oxygen atoms in total. The molecule has 2 saturated heterocycles. The molecular formula is C21H26N5O3+. The molecule has 2 fully saturated rings. The zero-order valence-electron chi connectivity index (χ0n) is 16.4. The van der Waals surface area contributed by atoms with Gasteiger partial charge in [0.25, 0.3) is 5.69 Å². The number of rotatable bonds is 4. The first kappa shape index (κ1) is 19.2. The first-order valence-electron chi connectivity index (χ1n) is 10.1. The predicted octanol–water partition coefficient (Wildman–Crippen LogP) is 1.97. The molecule has 0 aliphatic carbocycles. The number of H-pyrrole nitrogens is 1. The van der Waals surface area contributed by atoms with Gasteiger partial charge in [-0.25, -0.2) is 4.98 Å². The summed E-state index contributed by atoms with van der Waals surface area (Å²) < 4.78 is 0. The largest absolute Gasteiger partial charge is 0.368 e. The Hall–Kier alpha value is -3.16. The molecule has 152 valence electrons. The molecule has 0 saturated carbocycles. The van der Waals surface area contributed by atoms with Crippen molar-refractivity contribution in [3.8, 4) is 0 Å². The van der Waals surface area contributed by atoms with Crippen LogP contribution in [0.4, 0.5) is 17.1 Å². The number of amides is 1. The molecule has 3 heterocycles. The third-order valence-electron chi connectivity index (χ3n) is 5.92. The van der Waals surface area contributed by atoms with Gasteiger partial charge < -0.3 is 14.7 Å². The maximum Gasteiger partial charge on any atom is 0.292 e. The van der Waals surface area contributed by atoms with Gasteiger partial charge in [0.15, 0.2) is 12.4 Å². The van der Waals surface area contributed by atoms with Crippen molar-refractivity contribution < 1.29 is 14.7 Å². The van der Waals surface area contributed by atoms with E-state index < -0.39 is 0 Å². The Kier molecular flexibility index (Phi) is 5.59. The minimum Gasteiger partial charge on any atom is -0.368 e. The fraction of sp³-hybridized carbons (Fsp3) is 0.429. The van der Waals surface area contributed by atoms with Crippen molar-refractivity contribution in [1.29, 1.82) is 0 Å². The van der Waals surface area contributed by atoms with E-state index in [1.165, 1.54) is 11.8 Å². The van der Waals surface area contributed by atoms with E-state index >= 15 is 0 Å². The highest BCUT2D eigenvalue weighted by atomic mass is 16.6. The maximum atomic E-state index is 13.0. The molecule has 2 aliphatic rings. The number of aromatic amines is 1. The van der Waals surface area contributed by atoms with Crippen LogP contribution >= 0.6 is 0 Å². The van der Waals surface area contributed by atoms with E-state index in [4.69, 9.17) is 0 Å². The summed E-state index contributed by atoms with van der Waals surface area (Å²) in [6.45, 7) is 4.49. The molecule has 4 rings (SSSR count). The number of nitro groups is 1. The number of aromatic nitrogens is 1. The Balaban J connectivity index is 1.32. The lowest BCUT2D eigenvalue weighted by Gasteiger charge is -2.39. The van der Waals surface area contributed by atoms with Crippen LogP contribution in [0, 0.1) is 16.0 Å². The Bertz CT molecular complexity index is 860. The summed E-state index contributed by atoms with van der Waals surface area (Å²) in [5, 5.41) is 11.3. The normalized spacial score (nSPS) is 18.0. The molecule has 29 heavy (non-hydrogen) atoms. The number of hydrogen-bond donors (Lipinski definition) is 0. The number of nitro benzene ring substituents is 1. The van der Waals surface area contributed by atoms with Crippen LogP contribution in [0.3, 0.4) is 0 Å². The standard InChI is InChI=1S/C21H25N5O3/c27-21(25-15-13-23(14-16-25)18-5-9-22-10-6-18)17-7-11-24(12-8-17)19-3-1-2-4-20(19)26(28)29/h1-6,9-10,17H,7-8,11-16H2/p+1. The first-order valence-corrected chi connectivity index (χ1v) is 10.1. The Morgan fingerprint density at radius 1 is 0.931 bits per heavy atom. The number of hydrogen-bond acceptors (Lipinski definition) is 5. The predicted molar refractivity (Wildman–Crippen MR) is 110 cm³/mol. The van der Waals surface area contributed by atoms with E-state index in [9.17, 15) is 14.9 Å². The van der Waals surface area contributed by atoms with Gasteiger partial charge in [0.2, 0.25) is 5.91 Å². The molecule has 0 spiro atoms. The molecule has 1 aromatic heterocycles. The van der Waals surface area contributed by atoms with Crippen LogP contribution in [0.15, 0.2) is 48.8 Å². The summed E-state index contributed by atoms with van der Waals surface area (Å²) in [6, 6.07) is 10.9. The second-order valence-corrected chi connectivity index (χ2v) is 7.58. The number of benzene rings is 1. The fourth-order valence-corrected chi connectivity index (χ4v) is 4.29. The van der Waals surface area contributed by atoms with Gasteiger partial charge in [-0.05, 0) is 18.9 Å². The van der Waals surface area contributed by atoms with Crippen molar-refractivity contribution in [2.45, 2.75) is 12.8 Å². The van der Waals surface area contributed by atoms with Crippen molar-refractivity contribution in [3.63, 3.8) is 0 Å². The van der Waals surface area contributed by atoms with E-state index in [2.05, 4.69) is 22.0 Å². The zero-order valence-corrected chi connectivity index (χ0v) is 16.4. The van der Waals surface area contributed by atoms with Gasteiger partial charge in [-0.3, -0.25) is 14.9 Å². The molecule has 1 amide bonds. The van der Waals surface area contributed by atoms with Gasteiger partial charge in [0, 0.05) is 69.1 Å². The fourth-order valence-electron chi connectivity index (χ4n) is 4.29. The van der Waals surface area contributed by atoms with Crippen LogP contribution < -0.4 is 14.8 Å². The summed E-state index contributed by atoms with van der Waals surface area (Å²) in [7, 11) is 0. The van der Waals surface area contributed by atoms with Crippen molar-refractivity contribution in [2.75, 3.05) is 49.1 Å². The molecule has 1 N–H and O–H groups in total. The van der Waals surface area contributed by atoms with E-state index in [0.717, 1.165) is 39.0 Å². The Labute approximate surface area is 169 Å². The summed E-state index contributed by atoms with van der Waals surface area (Å²) in [5.74, 6) is 0.236. The van der Waals surface area contributed by atoms with Crippen molar-refractivity contribution in [1.82, 2.24) is 4.90 Å². The van der Waals surface area contributed by atoms with E-state index in [0.29, 0.717) is 18.8 Å². The lowest BCUT2D eigenvalue weighted by atomic mass is 9.94. The lowest BCUT2D eigenvalue weighted by molar-refractivity contribution is -0.384. The first-order chi connectivity index (χ1) is 14.1. The molecule has 0 radical (unpaired) electrons. The van der Waals surface area contributed by atoms with E-state index in [1.807, 2.05) is 28.3 Å². The maximum absolute atomic E-state index is 13.0. The van der Waals surface area contributed by atoms with Gasteiger partial charge in [0.1, 0.15) is 5.69 Å². The summed E-state index contributed by atoms with van der Waals surface area (Å²) in [4.78, 5) is 33.3. The van der Waals surface area contributed by atoms with Crippen LogP contribution in [0.5, 0.6) is 0 Å². The number of piperazine rings is 1. The average molecular weight is 396 g/mol. The van der Waals surface area contributed by atoms with Crippen LogP contribution in [0.1, 0.15) is 12.8 Å². The molecule has 2 aromatic rings.